The molecule has 0 unspecified atom stereocenters. The topological polar surface area (TPSA) is 33.0 Å². The molecule has 3 nitrogen and oxygen atoms in total. The van der Waals surface area contributed by atoms with Gasteiger partial charge in [-0.2, -0.15) is 9.36 Å². The molecule has 0 radical (unpaired) electrons. The maximum Gasteiger partial charge on any atom is 0.495 e. The van der Waals surface area contributed by atoms with E-state index < -0.39 is 0 Å². The maximum atomic E-state index is 11.2. The van der Waals surface area contributed by atoms with Crippen molar-refractivity contribution in [1.82, 2.24) is 5.32 Å². The van der Waals surface area contributed by atoms with E-state index in [0.717, 1.165) is 4.70 Å². The number of nitrogens with one attached hydrogen (secondary N) is 1. The van der Waals surface area contributed by atoms with Crippen molar-refractivity contribution in [3.05, 3.63) is 29.9 Å². The van der Waals surface area contributed by atoms with Crippen LogP contribution in [0, 0.1) is 0 Å². The number of hydrogen-bond donors (Lipinski definition) is 1. The SMILES string of the molecule is CNC(=O)[n+]1ccc2ccsc2c1. The van der Waals surface area contributed by atoms with Gasteiger partial charge in [0, 0.05) is 0 Å². The molecular weight excluding hydrogens is 184 g/mol. The second-order valence-corrected chi connectivity index (χ2v) is 3.60. The second kappa shape index (κ2) is 3.14. The molecule has 2 heterocycles. The Morgan fingerprint density at radius 2 is 2.38 bits per heavy atom. The first kappa shape index (κ1) is 8.19. The smallest absolute Gasteiger partial charge is 0.240 e. The fourth-order valence-electron chi connectivity index (χ4n) is 1.16. The second-order valence-electron chi connectivity index (χ2n) is 2.65. The van der Waals surface area contributed by atoms with E-state index in [2.05, 4.69) is 5.32 Å². The van der Waals surface area contributed by atoms with Crippen LogP contribution in [0.25, 0.3) is 10.1 Å². The van der Waals surface area contributed by atoms with E-state index in [0.29, 0.717) is 0 Å². The Kier molecular flexibility index (Phi) is 1.98. The largest absolute Gasteiger partial charge is 0.495 e. The predicted molar refractivity (Wildman–Crippen MR) is 51.9 cm³/mol. The van der Waals surface area contributed by atoms with Crippen LogP contribution in [0.5, 0.6) is 0 Å². The summed E-state index contributed by atoms with van der Waals surface area (Å²) in [5, 5.41) is 5.75. The van der Waals surface area contributed by atoms with Crippen LogP contribution in [0.3, 0.4) is 0 Å². The molecule has 4 heteroatoms. The summed E-state index contributed by atoms with van der Waals surface area (Å²) < 4.78 is 2.66. The van der Waals surface area contributed by atoms with Crippen molar-refractivity contribution in [3.8, 4) is 0 Å². The van der Waals surface area contributed by atoms with Crippen molar-refractivity contribution in [2.24, 2.45) is 0 Å². The molecule has 0 aliphatic carbocycles. The van der Waals surface area contributed by atoms with E-state index in [1.165, 1.54) is 5.39 Å². The van der Waals surface area contributed by atoms with Crippen LogP contribution < -0.4 is 9.88 Å². The van der Waals surface area contributed by atoms with Gasteiger partial charge in [-0.05, 0) is 22.9 Å². The first-order valence-corrected chi connectivity index (χ1v) is 4.80. The molecule has 2 rings (SSSR count). The van der Waals surface area contributed by atoms with Gasteiger partial charge in [0.05, 0.1) is 11.7 Å². The van der Waals surface area contributed by atoms with Crippen LogP contribution in [0.1, 0.15) is 0 Å². The van der Waals surface area contributed by atoms with Gasteiger partial charge >= 0.3 is 6.03 Å². The molecule has 0 spiro atoms. The zero-order valence-corrected chi connectivity index (χ0v) is 7.97. The van der Waals surface area contributed by atoms with Gasteiger partial charge in [-0.3, -0.25) is 0 Å². The summed E-state index contributed by atoms with van der Waals surface area (Å²) in [6, 6.07) is 3.85. The standard InChI is InChI=1S/C9H8N2OS/c1-10-9(12)11-4-2-7-3-5-13-8(7)6-11/h2-6H,1H3/p+1. The predicted octanol–water partition coefficient (Wildman–Crippen LogP) is 1.38. The maximum absolute atomic E-state index is 11.2. The Morgan fingerprint density at radius 1 is 1.54 bits per heavy atom. The number of aromatic nitrogens is 1. The quantitative estimate of drug-likeness (QED) is 0.630. The minimum Gasteiger partial charge on any atom is -0.240 e. The first-order valence-electron chi connectivity index (χ1n) is 3.92. The molecule has 2 aromatic heterocycles. The number of carbonyl (C=O) groups is 1. The molecule has 0 saturated carbocycles. The van der Waals surface area contributed by atoms with Gasteiger partial charge in [0.1, 0.15) is 12.4 Å². The summed E-state index contributed by atoms with van der Waals surface area (Å²) >= 11 is 1.63. The number of hydrogen-bond acceptors (Lipinski definition) is 2. The van der Waals surface area contributed by atoms with E-state index in [9.17, 15) is 4.79 Å². The Hall–Kier alpha value is -1.42. The van der Waals surface area contributed by atoms with E-state index in [-0.39, 0.29) is 6.03 Å². The summed E-state index contributed by atoms with van der Waals surface area (Å²) in [5.74, 6) is 0. The van der Waals surface area contributed by atoms with Crippen molar-refractivity contribution in [2.45, 2.75) is 0 Å². The molecule has 0 aliphatic heterocycles. The zero-order valence-electron chi connectivity index (χ0n) is 7.15. The summed E-state index contributed by atoms with van der Waals surface area (Å²) in [6.45, 7) is 0. The van der Waals surface area contributed by atoms with Crippen LogP contribution in [0.4, 0.5) is 4.79 Å². The Balaban J connectivity index is 2.54. The van der Waals surface area contributed by atoms with Gasteiger partial charge in [0.15, 0.2) is 0 Å². The highest BCUT2D eigenvalue weighted by Crippen LogP contribution is 2.17. The summed E-state index contributed by atoms with van der Waals surface area (Å²) in [6.07, 6.45) is 3.59. The first-order chi connectivity index (χ1) is 6.31. The van der Waals surface area contributed by atoms with Crippen molar-refractivity contribution in [1.29, 1.82) is 0 Å². The molecule has 0 aromatic carbocycles. The highest BCUT2D eigenvalue weighted by molar-refractivity contribution is 7.17. The highest BCUT2D eigenvalue weighted by Gasteiger charge is 2.09. The lowest BCUT2D eigenvalue weighted by Gasteiger charge is -1.94. The lowest BCUT2D eigenvalue weighted by atomic mass is 10.3. The average Bonchev–Trinajstić information content (AvgIpc) is 2.63. The van der Waals surface area contributed by atoms with Gasteiger partial charge in [-0.25, -0.2) is 5.32 Å². The van der Waals surface area contributed by atoms with Crippen molar-refractivity contribution >= 4 is 27.5 Å². The molecule has 2 aromatic rings. The third-order valence-corrected chi connectivity index (χ3v) is 2.71. The fraction of sp³-hybridized carbons (Fsp3) is 0.111. The Bertz CT molecular complexity index is 450. The molecule has 0 bridgehead atoms. The summed E-state index contributed by atoms with van der Waals surface area (Å²) in [4.78, 5) is 11.2. The number of thiophene rings is 1. The number of fused-ring (bicyclic) bond motifs is 1. The summed E-state index contributed by atoms with van der Waals surface area (Å²) in [5.41, 5.74) is 0. The average molecular weight is 193 g/mol. The minimum absolute atomic E-state index is 0.115. The molecule has 0 fully saturated rings. The normalized spacial score (nSPS) is 10.2. The third-order valence-electron chi connectivity index (χ3n) is 1.85. The van der Waals surface area contributed by atoms with Gasteiger partial charge in [0.25, 0.3) is 0 Å². The molecule has 1 N–H and O–H groups in total. The van der Waals surface area contributed by atoms with E-state index in [1.807, 2.05) is 23.7 Å². The van der Waals surface area contributed by atoms with Crippen LogP contribution in [0.15, 0.2) is 29.9 Å². The monoisotopic (exact) mass is 193 g/mol. The molecule has 0 atom stereocenters. The molecular formula is C9H9N2OS+. The minimum atomic E-state index is -0.115. The lowest BCUT2D eigenvalue weighted by molar-refractivity contribution is -0.570. The fourth-order valence-corrected chi connectivity index (χ4v) is 1.97. The van der Waals surface area contributed by atoms with Gasteiger partial charge in [-0.1, -0.05) is 0 Å². The lowest BCUT2D eigenvalue weighted by Crippen LogP contribution is -2.48. The van der Waals surface area contributed by atoms with E-state index >= 15 is 0 Å². The Morgan fingerprint density at radius 3 is 3.15 bits per heavy atom. The van der Waals surface area contributed by atoms with Crippen molar-refractivity contribution < 1.29 is 9.36 Å². The molecule has 66 valence electrons. The number of pyridine rings is 1. The number of amides is 1. The van der Waals surface area contributed by atoms with Gasteiger partial charge in [0.2, 0.25) is 0 Å². The van der Waals surface area contributed by atoms with Crippen LogP contribution >= 0.6 is 11.3 Å². The Labute approximate surface area is 79.6 Å². The van der Waals surface area contributed by atoms with Crippen LogP contribution in [-0.4, -0.2) is 13.1 Å². The highest BCUT2D eigenvalue weighted by atomic mass is 32.1. The van der Waals surface area contributed by atoms with Gasteiger partial charge < -0.3 is 0 Å². The van der Waals surface area contributed by atoms with Crippen LogP contribution in [0.2, 0.25) is 0 Å². The van der Waals surface area contributed by atoms with Gasteiger partial charge in [-0.15, -0.1) is 11.3 Å². The van der Waals surface area contributed by atoms with E-state index in [4.69, 9.17) is 0 Å². The zero-order chi connectivity index (χ0) is 9.26. The van der Waals surface area contributed by atoms with Crippen molar-refractivity contribution in [3.63, 3.8) is 0 Å². The summed E-state index contributed by atoms with van der Waals surface area (Å²) in [7, 11) is 1.62. The molecule has 0 aliphatic rings. The third kappa shape index (κ3) is 1.40. The number of carbonyl (C=O) groups excluding carboxylic acids is 1. The molecule has 13 heavy (non-hydrogen) atoms. The number of rotatable bonds is 0. The van der Waals surface area contributed by atoms with Crippen LogP contribution in [-0.2, 0) is 0 Å². The van der Waals surface area contributed by atoms with E-state index in [1.54, 1.807) is 29.1 Å². The number of nitrogens with zero attached hydrogens (tertiary/aromatic N) is 1. The van der Waals surface area contributed by atoms with Crippen molar-refractivity contribution in [2.75, 3.05) is 7.05 Å². The molecule has 0 saturated heterocycles. The molecule has 1 amide bonds.